The molecule has 0 aliphatic rings. The molecule has 0 aromatic heterocycles. The summed E-state index contributed by atoms with van der Waals surface area (Å²) in [5, 5.41) is 8.07. The van der Waals surface area contributed by atoms with Gasteiger partial charge in [0.25, 0.3) is 0 Å². The Kier molecular flexibility index (Phi) is 2.88. The van der Waals surface area contributed by atoms with Gasteiger partial charge in [0, 0.05) is 0 Å². The summed E-state index contributed by atoms with van der Waals surface area (Å²) >= 11 is 0. The number of rotatable bonds is 3. The second kappa shape index (κ2) is 3.21. The first kappa shape index (κ1) is 7.17. The molecule has 3 nitrogen and oxygen atoms in total. The van der Waals surface area contributed by atoms with Crippen LogP contribution < -0.4 is 5.73 Å². The Bertz CT molecular complexity index is 101. The zero-order valence-corrected chi connectivity index (χ0v) is 4.42. The number of aliphatic carboxylic acids is 1. The van der Waals surface area contributed by atoms with Crippen LogP contribution in [0.15, 0.2) is 12.7 Å². The van der Waals surface area contributed by atoms with Crippen molar-refractivity contribution in [3.63, 3.8) is 0 Å². The molecule has 0 fully saturated rings. The molecular formula is C5H8NO2. The molecule has 45 valence electrons. The highest BCUT2D eigenvalue weighted by atomic mass is 16.4. The number of hydrogen-bond donors (Lipinski definition) is 2. The van der Waals surface area contributed by atoms with Crippen molar-refractivity contribution in [3.8, 4) is 0 Å². The number of hydrogen-bond acceptors (Lipinski definition) is 2. The molecular weight excluding hydrogens is 106 g/mol. The van der Waals surface area contributed by atoms with Crippen molar-refractivity contribution in [2.24, 2.45) is 5.73 Å². The van der Waals surface area contributed by atoms with E-state index in [-0.39, 0.29) is 12.5 Å². The second-order valence-corrected chi connectivity index (χ2v) is 1.35. The van der Waals surface area contributed by atoms with Gasteiger partial charge in [0.15, 0.2) is 0 Å². The molecule has 8 heavy (non-hydrogen) atoms. The highest BCUT2D eigenvalue weighted by Crippen LogP contribution is 1.95. The van der Waals surface area contributed by atoms with E-state index in [1.807, 2.05) is 0 Å². The lowest BCUT2D eigenvalue weighted by Crippen LogP contribution is -2.11. The molecule has 0 bridgehead atoms. The highest BCUT2D eigenvalue weighted by Gasteiger charge is 2.02. The lowest BCUT2D eigenvalue weighted by molar-refractivity contribution is -0.136. The van der Waals surface area contributed by atoms with E-state index < -0.39 is 5.97 Å². The van der Waals surface area contributed by atoms with Crippen LogP contribution in [0.3, 0.4) is 0 Å². The zero-order chi connectivity index (χ0) is 6.57. The second-order valence-electron chi connectivity index (χ2n) is 1.35. The van der Waals surface area contributed by atoms with Crippen molar-refractivity contribution in [2.75, 3.05) is 0 Å². The Hall–Kier alpha value is -0.830. The predicted molar refractivity (Wildman–Crippen MR) is 29.9 cm³/mol. The average molecular weight is 114 g/mol. The van der Waals surface area contributed by atoms with Gasteiger partial charge in [0.05, 0.1) is 12.5 Å². The molecule has 0 rings (SSSR count). The lowest BCUT2D eigenvalue weighted by Gasteiger charge is -1.96. The Labute approximate surface area is 47.8 Å². The molecule has 0 aromatic carbocycles. The van der Waals surface area contributed by atoms with E-state index in [2.05, 4.69) is 6.58 Å². The third kappa shape index (κ3) is 3.36. The molecule has 0 amide bonds. The third-order valence-electron chi connectivity index (χ3n) is 0.618. The quantitative estimate of drug-likeness (QED) is 0.548. The Morgan fingerprint density at radius 2 is 2.38 bits per heavy atom. The van der Waals surface area contributed by atoms with E-state index in [1.54, 1.807) is 0 Å². The van der Waals surface area contributed by atoms with Crippen LogP contribution in [-0.4, -0.2) is 11.1 Å². The van der Waals surface area contributed by atoms with Crippen LogP contribution in [0.25, 0.3) is 0 Å². The molecule has 0 aliphatic carbocycles. The average Bonchev–Trinajstić information content (AvgIpc) is 1.65. The van der Waals surface area contributed by atoms with Gasteiger partial charge in [-0.15, -0.1) is 6.58 Å². The standard InChI is InChI=1S/C5H8NO2/c1-2-4(6)3-5(7)8/h2H,1,3,6H2,(H,7,8). The van der Waals surface area contributed by atoms with Gasteiger partial charge in [-0.1, -0.05) is 6.08 Å². The van der Waals surface area contributed by atoms with Crippen LogP contribution >= 0.6 is 0 Å². The summed E-state index contributed by atoms with van der Waals surface area (Å²) in [7, 11) is 0. The van der Waals surface area contributed by atoms with E-state index in [0.29, 0.717) is 0 Å². The summed E-state index contributed by atoms with van der Waals surface area (Å²) in [4.78, 5) is 9.82. The smallest absolute Gasteiger partial charge is 0.305 e. The summed E-state index contributed by atoms with van der Waals surface area (Å²) in [5.41, 5.74) is 5.09. The maximum Gasteiger partial charge on any atom is 0.305 e. The first-order valence-electron chi connectivity index (χ1n) is 2.12. The minimum Gasteiger partial charge on any atom is -0.481 e. The van der Waals surface area contributed by atoms with Crippen molar-refractivity contribution < 1.29 is 9.90 Å². The predicted octanol–water partition coefficient (Wildman–Crippen LogP) is 0.138. The summed E-state index contributed by atoms with van der Waals surface area (Å²) < 4.78 is 0. The fourth-order valence-electron chi connectivity index (χ4n) is 0.247. The van der Waals surface area contributed by atoms with Crippen LogP contribution in [0, 0.1) is 6.04 Å². The Morgan fingerprint density at radius 3 is 2.50 bits per heavy atom. The van der Waals surface area contributed by atoms with E-state index >= 15 is 0 Å². The van der Waals surface area contributed by atoms with E-state index in [4.69, 9.17) is 10.8 Å². The molecule has 0 saturated heterocycles. The number of carboxylic acids is 1. The summed E-state index contributed by atoms with van der Waals surface area (Å²) in [6.45, 7) is 3.29. The Balaban J connectivity index is 3.38. The van der Waals surface area contributed by atoms with Crippen LogP contribution in [0.4, 0.5) is 0 Å². The number of nitrogens with two attached hydrogens (primary N) is 1. The minimum atomic E-state index is -0.928. The molecule has 0 unspecified atom stereocenters. The molecule has 0 atom stereocenters. The topological polar surface area (TPSA) is 63.3 Å². The maximum atomic E-state index is 9.82. The molecule has 0 heterocycles. The summed E-state index contributed by atoms with van der Waals surface area (Å²) in [6, 6.07) is 0.289. The van der Waals surface area contributed by atoms with Gasteiger partial charge in [0.2, 0.25) is 0 Å². The fourth-order valence-corrected chi connectivity index (χ4v) is 0.247. The number of carboxylic acid groups (broad SMARTS) is 1. The van der Waals surface area contributed by atoms with Crippen molar-refractivity contribution in [1.82, 2.24) is 0 Å². The SMILES string of the molecule is C=C[C](N)CC(=O)O. The van der Waals surface area contributed by atoms with Gasteiger partial charge in [-0.25, -0.2) is 0 Å². The summed E-state index contributed by atoms with van der Waals surface area (Å²) in [5.74, 6) is -0.928. The van der Waals surface area contributed by atoms with Crippen LogP contribution in [-0.2, 0) is 4.79 Å². The summed E-state index contributed by atoms with van der Waals surface area (Å²) in [6.07, 6.45) is 1.21. The van der Waals surface area contributed by atoms with Crippen molar-refractivity contribution in [1.29, 1.82) is 0 Å². The molecule has 1 radical (unpaired) electrons. The first-order valence-corrected chi connectivity index (χ1v) is 2.12. The first-order chi connectivity index (χ1) is 3.66. The van der Waals surface area contributed by atoms with Crippen molar-refractivity contribution in [3.05, 3.63) is 18.7 Å². The molecule has 3 N–H and O–H groups in total. The van der Waals surface area contributed by atoms with Gasteiger partial charge in [-0.05, 0) is 0 Å². The normalized spacial score (nSPS) is 9.25. The van der Waals surface area contributed by atoms with Crippen LogP contribution in [0.1, 0.15) is 6.42 Å². The van der Waals surface area contributed by atoms with E-state index in [9.17, 15) is 4.79 Å². The van der Waals surface area contributed by atoms with E-state index in [1.165, 1.54) is 6.08 Å². The molecule has 0 aromatic rings. The van der Waals surface area contributed by atoms with Crippen molar-refractivity contribution in [2.45, 2.75) is 6.42 Å². The number of carbonyl (C=O) groups is 1. The van der Waals surface area contributed by atoms with Gasteiger partial charge in [0.1, 0.15) is 0 Å². The maximum absolute atomic E-state index is 9.82. The highest BCUT2D eigenvalue weighted by molar-refractivity contribution is 5.69. The molecule has 0 saturated carbocycles. The van der Waals surface area contributed by atoms with Gasteiger partial charge < -0.3 is 10.8 Å². The van der Waals surface area contributed by atoms with Crippen LogP contribution in [0.2, 0.25) is 0 Å². The Morgan fingerprint density at radius 1 is 1.88 bits per heavy atom. The van der Waals surface area contributed by atoms with Gasteiger partial charge in [-0.2, -0.15) is 0 Å². The van der Waals surface area contributed by atoms with Crippen molar-refractivity contribution >= 4 is 5.97 Å². The molecule has 3 heteroatoms. The van der Waals surface area contributed by atoms with E-state index in [0.717, 1.165) is 0 Å². The minimum absolute atomic E-state index is 0.122. The largest absolute Gasteiger partial charge is 0.481 e. The lowest BCUT2D eigenvalue weighted by atomic mass is 10.2. The monoisotopic (exact) mass is 114 g/mol. The fraction of sp³-hybridized carbons (Fsp3) is 0.200. The zero-order valence-electron chi connectivity index (χ0n) is 4.42. The molecule has 0 spiro atoms. The third-order valence-corrected chi connectivity index (χ3v) is 0.618. The van der Waals surface area contributed by atoms with Gasteiger partial charge >= 0.3 is 5.97 Å². The van der Waals surface area contributed by atoms with Gasteiger partial charge in [-0.3, -0.25) is 4.79 Å². The van der Waals surface area contributed by atoms with Crippen LogP contribution in [0.5, 0.6) is 0 Å². The molecule has 0 aliphatic heterocycles.